The van der Waals surface area contributed by atoms with Crippen LogP contribution in [0.2, 0.25) is 0 Å². The van der Waals surface area contributed by atoms with E-state index in [0.717, 1.165) is 35.4 Å². The van der Waals surface area contributed by atoms with E-state index in [0.29, 0.717) is 11.9 Å². The van der Waals surface area contributed by atoms with Crippen molar-refractivity contribution in [2.45, 2.75) is 39.3 Å². The Kier molecular flexibility index (Phi) is 4.06. The van der Waals surface area contributed by atoms with Gasteiger partial charge < -0.3 is 9.42 Å². The fraction of sp³-hybridized carbons (Fsp3) is 0.368. The summed E-state index contributed by atoms with van der Waals surface area (Å²) in [6, 6.07) is 9.09. The number of benzene rings is 1. The van der Waals surface area contributed by atoms with Gasteiger partial charge in [0, 0.05) is 18.0 Å². The van der Waals surface area contributed by atoms with Crippen LogP contribution < -0.4 is 5.56 Å². The van der Waals surface area contributed by atoms with Crippen LogP contribution in [0.15, 0.2) is 39.6 Å². The number of rotatable bonds is 3. The Morgan fingerprint density at radius 3 is 2.77 bits per heavy atom. The van der Waals surface area contributed by atoms with Crippen molar-refractivity contribution in [1.82, 2.24) is 19.8 Å². The van der Waals surface area contributed by atoms with Crippen molar-refractivity contribution in [2.75, 3.05) is 6.54 Å². The first-order valence-corrected chi connectivity index (χ1v) is 8.74. The summed E-state index contributed by atoms with van der Waals surface area (Å²) in [6.45, 7) is 4.26. The lowest BCUT2D eigenvalue weighted by Crippen LogP contribution is -2.37. The molecule has 0 spiro atoms. The molecule has 3 aromatic rings. The van der Waals surface area contributed by atoms with Crippen LogP contribution in [-0.4, -0.2) is 32.3 Å². The van der Waals surface area contributed by atoms with Gasteiger partial charge >= 0.3 is 0 Å². The van der Waals surface area contributed by atoms with E-state index in [1.54, 1.807) is 11.0 Å². The molecule has 1 unspecified atom stereocenters. The summed E-state index contributed by atoms with van der Waals surface area (Å²) < 4.78 is 6.42. The molecule has 7 nitrogen and oxygen atoms in total. The molecule has 0 saturated carbocycles. The first-order valence-electron chi connectivity index (χ1n) is 8.74. The molecule has 0 radical (unpaired) electrons. The predicted octanol–water partition coefficient (Wildman–Crippen LogP) is 2.37. The number of hydrogen-bond acceptors (Lipinski definition) is 5. The molecule has 0 N–H and O–H groups in total. The minimum Gasteiger partial charge on any atom is -0.361 e. The molecule has 3 heterocycles. The van der Waals surface area contributed by atoms with Gasteiger partial charge in [0.1, 0.15) is 18.0 Å². The number of likely N-dealkylation sites (tertiary alicyclic amines) is 1. The van der Waals surface area contributed by atoms with Gasteiger partial charge in [0.2, 0.25) is 5.91 Å². The average molecular weight is 352 g/mol. The highest BCUT2D eigenvalue weighted by Crippen LogP contribution is 2.31. The van der Waals surface area contributed by atoms with Crippen LogP contribution in [0.1, 0.15) is 36.0 Å². The second-order valence-corrected chi connectivity index (χ2v) is 6.70. The highest BCUT2D eigenvalue weighted by atomic mass is 16.5. The Labute approximate surface area is 150 Å². The van der Waals surface area contributed by atoms with Crippen LogP contribution in [0.4, 0.5) is 0 Å². The minimum absolute atomic E-state index is 0.0716. The SMILES string of the molecule is Cc1cc(C2CCCN2C(=O)Cn2nc(C)c3ccccc3c2=O)no1. The summed E-state index contributed by atoms with van der Waals surface area (Å²) in [7, 11) is 0. The summed E-state index contributed by atoms with van der Waals surface area (Å²) >= 11 is 0. The van der Waals surface area contributed by atoms with Gasteiger partial charge in [-0.3, -0.25) is 9.59 Å². The molecule has 134 valence electrons. The molecule has 1 amide bonds. The third-order valence-corrected chi connectivity index (χ3v) is 4.90. The van der Waals surface area contributed by atoms with Crippen molar-refractivity contribution in [3.8, 4) is 0 Å². The molecule has 1 fully saturated rings. The predicted molar refractivity (Wildman–Crippen MR) is 95.7 cm³/mol. The first kappa shape index (κ1) is 16.5. The van der Waals surface area contributed by atoms with E-state index in [4.69, 9.17) is 4.52 Å². The maximum Gasteiger partial charge on any atom is 0.275 e. The van der Waals surface area contributed by atoms with Gasteiger partial charge in [0.05, 0.1) is 17.1 Å². The molecule has 0 aliphatic carbocycles. The number of amides is 1. The Hall–Kier alpha value is -2.96. The quantitative estimate of drug-likeness (QED) is 0.723. The number of aryl methyl sites for hydroxylation is 2. The third-order valence-electron chi connectivity index (χ3n) is 4.90. The lowest BCUT2D eigenvalue weighted by atomic mass is 10.1. The van der Waals surface area contributed by atoms with Crippen molar-refractivity contribution < 1.29 is 9.32 Å². The third kappa shape index (κ3) is 2.79. The Morgan fingerprint density at radius 1 is 1.27 bits per heavy atom. The topological polar surface area (TPSA) is 81.2 Å². The lowest BCUT2D eigenvalue weighted by molar-refractivity contribution is -0.133. The fourth-order valence-electron chi connectivity index (χ4n) is 3.65. The lowest BCUT2D eigenvalue weighted by Gasteiger charge is -2.23. The maximum atomic E-state index is 12.9. The number of fused-ring (bicyclic) bond motifs is 1. The van der Waals surface area contributed by atoms with E-state index in [1.807, 2.05) is 38.1 Å². The summed E-state index contributed by atoms with van der Waals surface area (Å²) in [6.07, 6.45) is 1.75. The van der Waals surface area contributed by atoms with E-state index >= 15 is 0 Å². The van der Waals surface area contributed by atoms with Crippen molar-refractivity contribution in [3.63, 3.8) is 0 Å². The maximum absolute atomic E-state index is 12.9. The highest BCUT2D eigenvalue weighted by molar-refractivity contribution is 5.83. The van der Waals surface area contributed by atoms with Crippen molar-refractivity contribution in [3.05, 3.63) is 57.8 Å². The monoisotopic (exact) mass is 352 g/mol. The van der Waals surface area contributed by atoms with Crippen LogP contribution in [-0.2, 0) is 11.3 Å². The van der Waals surface area contributed by atoms with Gasteiger partial charge in [-0.25, -0.2) is 4.68 Å². The molecule has 4 rings (SSSR count). The summed E-state index contributed by atoms with van der Waals surface area (Å²) in [5, 5.41) is 9.79. The van der Waals surface area contributed by atoms with Crippen molar-refractivity contribution in [2.24, 2.45) is 0 Å². The number of hydrogen-bond donors (Lipinski definition) is 0. The van der Waals surface area contributed by atoms with E-state index in [2.05, 4.69) is 10.3 Å². The highest BCUT2D eigenvalue weighted by Gasteiger charge is 2.32. The van der Waals surface area contributed by atoms with E-state index in [-0.39, 0.29) is 24.1 Å². The molecule has 2 aromatic heterocycles. The van der Waals surface area contributed by atoms with Crippen LogP contribution in [0.25, 0.3) is 10.8 Å². The molecule has 7 heteroatoms. The molecule has 1 aliphatic heterocycles. The zero-order chi connectivity index (χ0) is 18.3. The summed E-state index contributed by atoms with van der Waals surface area (Å²) in [4.78, 5) is 27.3. The van der Waals surface area contributed by atoms with Crippen LogP contribution in [0.5, 0.6) is 0 Å². The fourth-order valence-corrected chi connectivity index (χ4v) is 3.65. The van der Waals surface area contributed by atoms with E-state index in [9.17, 15) is 9.59 Å². The molecule has 26 heavy (non-hydrogen) atoms. The minimum atomic E-state index is -0.243. The Morgan fingerprint density at radius 2 is 2.04 bits per heavy atom. The van der Waals surface area contributed by atoms with E-state index < -0.39 is 0 Å². The molecule has 1 saturated heterocycles. The normalized spacial score (nSPS) is 17.2. The van der Waals surface area contributed by atoms with Crippen LogP contribution in [0.3, 0.4) is 0 Å². The average Bonchev–Trinajstić information content (AvgIpc) is 3.28. The van der Waals surface area contributed by atoms with Crippen molar-refractivity contribution in [1.29, 1.82) is 0 Å². The number of nitrogens with zero attached hydrogens (tertiary/aromatic N) is 4. The summed E-state index contributed by atoms with van der Waals surface area (Å²) in [5.74, 6) is 0.597. The van der Waals surface area contributed by atoms with Gasteiger partial charge in [-0.15, -0.1) is 0 Å². The largest absolute Gasteiger partial charge is 0.361 e. The Balaban J connectivity index is 1.63. The second kappa shape index (κ2) is 6.40. The van der Waals surface area contributed by atoms with Crippen LogP contribution >= 0.6 is 0 Å². The zero-order valence-electron chi connectivity index (χ0n) is 14.8. The molecular formula is C19H20N4O3. The first-order chi connectivity index (χ1) is 12.5. The molecule has 0 bridgehead atoms. The molecule has 1 aliphatic rings. The number of carbonyl (C=O) groups is 1. The van der Waals surface area contributed by atoms with Gasteiger partial charge in [-0.1, -0.05) is 23.4 Å². The van der Waals surface area contributed by atoms with Gasteiger partial charge in [-0.2, -0.15) is 5.10 Å². The zero-order valence-corrected chi connectivity index (χ0v) is 14.8. The molecule has 1 atom stereocenters. The second-order valence-electron chi connectivity index (χ2n) is 6.70. The molecule has 1 aromatic carbocycles. The van der Waals surface area contributed by atoms with Crippen molar-refractivity contribution >= 4 is 16.7 Å². The molecular weight excluding hydrogens is 332 g/mol. The van der Waals surface area contributed by atoms with Gasteiger partial charge in [0.15, 0.2) is 0 Å². The standard InChI is InChI=1S/C19H20N4O3/c1-12-10-16(21-26-12)17-8-5-9-22(17)18(24)11-23-19(25)15-7-4-3-6-14(15)13(2)20-23/h3-4,6-7,10,17H,5,8-9,11H2,1-2H3. The van der Waals surface area contributed by atoms with Crippen LogP contribution in [0, 0.1) is 13.8 Å². The summed E-state index contributed by atoms with van der Waals surface area (Å²) in [5.41, 5.74) is 1.26. The number of carbonyl (C=O) groups excluding carboxylic acids is 1. The van der Waals surface area contributed by atoms with E-state index in [1.165, 1.54) is 4.68 Å². The Bertz CT molecular complexity index is 1040. The van der Waals surface area contributed by atoms with Gasteiger partial charge in [-0.05, 0) is 32.8 Å². The smallest absolute Gasteiger partial charge is 0.275 e. The number of aromatic nitrogens is 3. The van der Waals surface area contributed by atoms with Gasteiger partial charge in [0.25, 0.3) is 5.56 Å².